The van der Waals surface area contributed by atoms with Crippen LogP contribution in [0.15, 0.2) is 109 Å². The van der Waals surface area contributed by atoms with Crippen LogP contribution in [0.25, 0.3) is 36.5 Å². The second-order valence-electron chi connectivity index (χ2n) is 29.0. The molecule has 0 bridgehead atoms. The van der Waals surface area contributed by atoms with Crippen molar-refractivity contribution in [2.45, 2.75) is 293 Å². The van der Waals surface area contributed by atoms with Gasteiger partial charge in [-0.25, -0.2) is 0 Å². The Hall–Kier alpha value is -7.39. The van der Waals surface area contributed by atoms with Gasteiger partial charge in [-0.3, -0.25) is 0 Å². The lowest BCUT2D eigenvalue weighted by atomic mass is 9.84. The predicted octanol–water partition coefficient (Wildman–Crippen LogP) is 28.8. The van der Waals surface area contributed by atoms with Crippen molar-refractivity contribution in [1.29, 1.82) is 0 Å². The Morgan fingerprint density at radius 2 is 0.349 bits per heavy atom. The fourth-order valence-corrected chi connectivity index (χ4v) is 12.9. The smallest absolute Gasteiger partial charge is 0.203 e. The first-order chi connectivity index (χ1) is 52.3. The van der Waals surface area contributed by atoms with Gasteiger partial charge in [0.25, 0.3) is 0 Å². The number of ether oxygens (including phenoxy) is 9. The summed E-state index contributed by atoms with van der Waals surface area (Å²) in [6.45, 7) is 26.0. The van der Waals surface area contributed by atoms with Gasteiger partial charge in [-0.2, -0.15) is 0 Å². The summed E-state index contributed by atoms with van der Waals surface area (Å²) in [5, 5.41) is 0. The van der Waals surface area contributed by atoms with Crippen LogP contribution in [-0.4, -0.2) is 59.5 Å². The van der Waals surface area contributed by atoms with E-state index in [0.717, 1.165) is 223 Å². The van der Waals surface area contributed by atoms with E-state index in [2.05, 4.69) is 208 Å². The lowest BCUT2D eigenvalue weighted by Gasteiger charge is -2.18. The van der Waals surface area contributed by atoms with Crippen LogP contribution in [0.2, 0.25) is 0 Å². The molecular weight excluding hydrogens is 1310 g/mol. The first-order valence-electron chi connectivity index (χ1n) is 42.7. The highest BCUT2D eigenvalue weighted by Gasteiger charge is 2.24. The van der Waals surface area contributed by atoms with Crippen LogP contribution in [0.5, 0.6) is 51.7 Å². The Balaban J connectivity index is 1.38. The maximum absolute atomic E-state index is 6.62. The Kier molecular flexibility index (Phi) is 46.2. The molecule has 106 heavy (non-hydrogen) atoms. The van der Waals surface area contributed by atoms with Gasteiger partial charge < -0.3 is 42.6 Å². The van der Waals surface area contributed by atoms with Crippen LogP contribution < -0.4 is 42.6 Å². The zero-order chi connectivity index (χ0) is 75.1. The SMILES string of the molecule is CCCCCCOc1cc(/C=C/c2ccc([C+](c3ccc(/C=C/c4cc(OCCCCCC)c(OCCCCCC)c(OCCCCCC)c4)cc3)c3ccc(/C=C/c4cc(OCCCCCC)c(OCCCCCC)c(OCCCCCC)c4)cc3)cc2)cc(OCCCCCC)c1OCCCCCC. The molecule has 0 saturated carbocycles. The largest absolute Gasteiger partial charge is 0.490 e. The monoisotopic (exact) mass is 1450 g/mol. The molecule has 0 aliphatic carbocycles. The van der Waals surface area contributed by atoms with Gasteiger partial charge in [-0.05, 0) is 200 Å². The van der Waals surface area contributed by atoms with Crippen LogP contribution in [0.4, 0.5) is 0 Å². The number of unbranched alkanes of at least 4 members (excludes halogenated alkanes) is 27. The predicted molar refractivity (Wildman–Crippen MR) is 453 cm³/mol. The lowest BCUT2D eigenvalue weighted by Crippen LogP contribution is -2.06. The topological polar surface area (TPSA) is 83.1 Å². The average Bonchev–Trinajstić information content (AvgIpc) is 0.790. The van der Waals surface area contributed by atoms with Crippen molar-refractivity contribution in [1.82, 2.24) is 0 Å². The minimum absolute atomic E-state index is 0.635. The Morgan fingerprint density at radius 3 is 0.519 bits per heavy atom. The summed E-state index contributed by atoms with van der Waals surface area (Å²) in [5.74, 6) is 7.89. The molecule has 0 aliphatic heterocycles. The normalized spacial score (nSPS) is 11.5. The van der Waals surface area contributed by atoms with Crippen LogP contribution in [0.1, 0.15) is 344 Å². The molecule has 0 radical (unpaired) electrons. The molecule has 9 nitrogen and oxygen atoms in total. The molecule has 0 amide bonds. The number of hydrogen-bond acceptors (Lipinski definition) is 9. The maximum atomic E-state index is 6.62. The van der Waals surface area contributed by atoms with Crippen molar-refractivity contribution in [2.75, 3.05) is 59.5 Å². The second kappa shape index (κ2) is 55.9. The first kappa shape index (κ1) is 87.5. The van der Waals surface area contributed by atoms with Gasteiger partial charge in [-0.15, -0.1) is 0 Å². The second-order valence-corrected chi connectivity index (χ2v) is 29.0. The van der Waals surface area contributed by atoms with E-state index in [1.807, 2.05) is 0 Å². The molecular formula is C97H141O9+. The highest BCUT2D eigenvalue weighted by Crippen LogP contribution is 2.44. The quantitative estimate of drug-likeness (QED) is 0.0160. The fourth-order valence-electron chi connectivity index (χ4n) is 12.9. The van der Waals surface area contributed by atoms with Crippen LogP contribution in [0.3, 0.4) is 0 Å². The van der Waals surface area contributed by atoms with E-state index in [0.29, 0.717) is 59.5 Å². The Bertz CT molecular complexity index is 2850. The lowest BCUT2D eigenvalue weighted by molar-refractivity contribution is 0.234. The van der Waals surface area contributed by atoms with Gasteiger partial charge in [0, 0.05) is 0 Å². The number of hydrogen-bond donors (Lipinski definition) is 0. The molecule has 0 unspecified atom stereocenters. The van der Waals surface area contributed by atoms with Gasteiger partial charge in [-0.1, -0.05) is 272 Å². The summed E-state index contributed by atoms with van der Waals surface area (Å²) in [4.78, 5) is 0. The van der Waals surface area contributed by atoms with E-state index >= 15 is 0 Å². The summed E-state index contributed by atoms with van der Waals surface area (Å²) in [5.41, 5.74) is 9.68. The third kappa shape index (κ3) is 34.2. The molecule has 0 atom stereocenters. The zero-order valence-electron chi connectivity index (χ0n) is 67.9. The fraction of sp³-hybridized carbons (Fsp3) is 0.557. The molecule has 0 aromatic heterocycles. The molecule has 6 rings (SSSR count). The highest BCUT2D eigenvalue weighted by molar-refractivity contribution is 5.76. The molecule has 6 aromatic carbocycles. The average molecular weight is 1450 g/mol. The number of rotatable bonds is 63. The molecule has 582 valence electrons. The van der Waals surface area contributed by atoms with Crippen molar-refractivity contribution < 1.29 is 42.6 Å². The minimum atomic E-state index is 0.635. The molecule has 0 heterocycles. The standard InChI is InChI=1S/C97H141O9/c1-10-19-28-37-64-98-88-73-82(74-89(99-65-38-29-20-11-2)95(88)104-70-43-34-25-16-7)49-46-79-52-58-85(59-53-79)94(86-60-54-80(55-61-86)47-50-83-75-90(100-66-39-30-21-12-3)96(105-71-44-35-26-17-8)91(76-83)101-67-40-31-22-13-4)87-62-56-81(57-63-87)48-51-84-77-92(102-68-41-32-23-14-5)97(106-72-45-36-27-18-9)93(78-84)103-69-42-33-24-15-6/h46-63,73-78H,10-45,64-72H2,1-9H3/q+1/b49-46+,50-47+,51-48+. The van der Waals surface area contributed by atoms with Crippen molar-refractivity contribution in [3.63, 3.8) is 0 Å². The van der Waals surface area contributed by atoms with E-state index < -0.39 is 0 Å². The van der Waals surface area contributed by atoms with Gasteiger partial charge >= 0.3 is 0 Å². The molecule has 0 fully saturated rings. The van der Waals surface area contributed by atoms with Gasteiger partial charge in [0.1, 0.15) is 0 Å². The molecule has 9 heteroatoms. The van der Waals surface area contributed by atoms with Gasteiger partial charge in [0.2, 0.25) is 17.2 Å². The Morgan fingerprint density at radius 1 is 0.189 bits per heavy atom. The Labute approximate surface area is 645 Å². The van der Waals surface area contributed by atoms with Crippen LogP contribution in [-0.2, 0) is 0 Å². The van der Waals surface area contributed by atoms with E-state index in [1.165, 1.54) is 116 Å². The summed E-state index contributed by atoms with van der Waals surface area (Å²) < 4.78 is 59.5. The van der Waals surface area contributed by atoms with Gasteiger partial charge in [0.15, 0.2) is 34.5 Å². The maximum Gasteiger partial charge on any atom is 0.203 e. The molecule has 0 N–H and O–H groups in total. The summed E-state index contributed by atoms with van der Waals surface area (Å²) in [6.07, 6.45) is 53.8. The summed E-state index contributed by atoms with van der Waals surface area (Å²) in [7, 11) is 0. The van der Waals surface area contributed by atoms with E-state index in [4.69, 9.17) is 42.6 Å². The number of benzene rings is 6. The van der Waals surface area contributed by atoms with Crippen molar-refractivity contribution in [3.05, 3.63) is 165 Å². The molecule has 6 aromatic rings. The van der Waals surface area contributed by atoms with Gasteiger partial charge in [0.05, 0.1) is 82.1 Å². The summed E-state index contributed by atoms with van der Waals surface area (Å²) in [6, 6.07) is 39.8. The molecule has 0 spiro atoms. The zero-order valence-corrected chi connectivity index (χ0v) is 67.9. The van der Waals surface area contributed by atoms with Crippen LogP contribution >= 0.6 is 0 Å². The summed E-state index contributed by atoms with van der Waals surface area (Å²) >= 11 is 0. The van der Waals surface area contributed by atoms with E-state index in [-0.39, 0.29) is 0 Å². The van der Waals surface area contributed by atoms with Crippen molar-refractivity contribution in [2.24, 2.45) is 0 Å². The molecule has 0 aliphatic rings. The van der Waals surface area contributed by atoms with Crippen molar-refractivity contribution >= 4 is 36.5 Å². The third-order valence-corrected chi connectivity index (χ3v) is 19.4. The third-order valence-electron chi connectivity index (χ3n) is 19.4. The van der Waals surface area contributed by atoms with Crippen LogP contribution in [0, 0.1) is 5.92 Å². The highest BCUT2D eigenvalue weighted by atomic mass is 16.6. The molecule has 0 saturated heterocycles. The van der Waals surface area contributed by atoms with E-state index in [9.17, 15) is 0 Å². The first-order valence-corrected chi connectivity index (χ1v) is 42.7. The van der Waals surface area contributed by atoms with E-state index in [1.54, 1.807) is 0 Å². The van der Waals surface area contributed by atoms with Crippen molar-refractivity contribution in [3.8, 4) is 51.7 Å². The minimum Gasteiger partial charge on any atom is -0.490 e.